The van der Waals surface area contributed by atoms with Crippen molar-refractivity contribution in [3.8, 4) is 5.75 Å². The van der Waals surface area contributed by atoms with Crippen LogP contribution in [0, 0.1) is 0 Å². The van der Waals surface area contributed by atoms with E-state index >= 15 is 0 Å². The number of nitrogens with two attached hydrogens (primary N) is 1. The number of ether oxygens (including phenoxy) is 1. The summed E-state index contributed by atoms with van der Waals surface area (Å²) in [5.74, 6) is 0.133. The van der Waals surface area contributed by atoms with Crippen molar-refractivity contribution < 1.29 is 17.9 Å². The number of carbonyl (C=O) groups is 1. The molecule has 0 saturated heterocycles. The van der Waals surface area contributed by atoms with Crippen LogP contribution in [0.3, 0.4) is 0 Å². The highest BCUT2D eigenvalue weighted by Crippen LogP contribution is 2.16. The van der Waals surface area contributed by atoms with Crippen molar-refractivity contribution in [2.45, 2.75) is 17.9 Å². The molecule has 0 spiro atoms. The Hall–Kier alpha value is -1.60. The molecule has 94 valence electrons. The molecule has 0 radical (unpaired) electrons. The summed E-state index contributed by atoms with van der Waals surface area (Å²) in [6.07, 6.45) is -0.652. The van der Waals surface area contributed by atoms with Gasteiger partial charge in [-0.1, -0.05) is 0 Å². The topological polar surface area (TPSA) is 98.5 Å². The Labute approximate surface area is 99.8 Å². The van der Waals surface area contributed by atoms with Gasteiger partial charge in [0.15, 0.2) is 6.10 Å². The molecular weight excluding hydrogens is 244 g/mol. The molecule has 0 unspecified atom stereocenters. The minimum absolute atomic E-state index is 0.00236. The number of primary sulfonamides is 1. The summed E-state index contributed by atoms with van der Waals surface area (Å²) in [7, 11) is -2.20. The molecule has 1 aromatic rings. The molecule has 0 aliphatic rings. The van der Waals surface area contributed by atoms with Gasteiger partial charge in [0.25, 0.3) is 5.91 Å². The van der Waals surface area contributed by atoms with Crippen LogP contribution in [-0.2, 0) is 14.8 Å². The van der Waals surface area contributed by atoms with E-state index < -0.39 is 16.1 Å². The maximum atomic E-state index is 11.2. The lowest BCUT2D eigenvalue weighted by Gasteiger charge is -2.13. The van der Waals surface area contributed by atoms with E-state index in [0.717, 1.165) is 0 Å². The molecule has 1 atom stereocenters. The number of nitrogens with one attached hydrogen (secondary N) is 1. The Morgan fingerprint density at radius 3 is 2.29 bits per heavy atom. The van der Waals surface area contributed by atoms with Crippen molar-refractivity contribution in [2.24, 2.45) is 5.14 Å². The van der Waals surface area contributed by atoms with Gasteiger partial charge in [-0.25, -0.2) is 13.6 Å². The van der Waals surface area contributed by atoms with Crippen LogP contribution < -0.4 is 15.2 Å². The Balaban J connectivity index is 2.79. The zero-order valence-corrected chi connectivity index (χ0v) is 10.3. The quantitative estimate of drug-likeness (QED) is 0.784. The van der Waals surface area contributed by atoms with Crippen molar-refractivity contribution in [3.63, 3.8) is 0 Å². The Bertz CT molecular complexity index is 496. The molecule has 0 saturated carbocycles. The molecule has 0 bridgehead atoms. The fraction of sp³-hybridized carbons (Fsp3) is 0.300. The monoisotopic (exact) mass is 258 g/mol. The first-order valence-electron chi connectivity index (χ1n) is 4.85. The van der Waals surface area contributed by atoms with Crippen LogP contribution in [0.25, 0.3) is 0 Å². The first-order valence-corrected chi connectivity index (χ1v) is 6.40. The number of rotatable bonds is 4. The lowest BCUT2D eigenvalue weighted by Crippen LogP contribution is -2.33. The van der Waals surface area contributed by atoms with Gasteiger partial charge in [-0.3, -0.25) is 4.79 Å². The van der Waals surface area contributed by atoms with E-state index in [4.69, 9.17) is 9.88 Å². The summed E-state index contributed by atoms with van der Waals surface area (Å²) in [6, 6.07) is 5.53. The highest BCUT2D eigenvalue weighted by Gasteiger charge is 2.13. The average Bonchev–Trinajstić information content (AvgIpc) is 2.27. The number of hydrogen-bond acceptors (Lipinski definition) is 4. The summed E-state index contributed by atoms with van der Waals surface area (Å²) in [5.41, 5.74) is 0. The molecule has 1 aromatic carbocycles. The first-order chi connectivity index (χ1) is 7.84. The van der Waals surface area contributed by atoms with Crippen LogP contribution in [0.1, 0.15) is 6.92 Å². The van der Waals surface area contributed by atoms with Crippen LogP contribution >= 0.6 is 0 Å². The molecule has 1 amide bonds. The van der Waals surface area contributed by atoms with Gasteiger partial charge in [-0.15, -0.1) is 0 Å². The van der Waals surface area contributed by atoms with Gasteiger partial charge in [0, 0.05) is 7.05 Å². The predicted molar refractivity (Wildman–Crippen MR) is 62.0 cm³/mol. The minimum Gasteiger partial charge on any atom is -0.481 e. The molecule has 6 nitrogen and oxygen atoms in total. The zero-order chi connectivity index (χ0) is 13.1. The second kappa shape index (κ2) is 5.15. The van der Waals surface area contributed by atoms with E-state index in [0.29, 0.717) is 5.75 Å². The van der Waals surface area contributed by atoms with Gasteiger partial charge in [0.2, 0.25) is 10.0 Å². The third kappa shape index (κ3) is 3.72. The van der Waals surface area contributed by atoms with Gasteiger partial charge in [-0.05, 0) is 31.2 Å². The van der Waals surface area contributed by atoms with Gasteiger partial charge < -0.3 is 10.1 Å². The number of hydrogen-bond donors (Lipinski definition) is 2. The van der Waals surface area contributed by atoms with E-state index in [1.54, 1.807) is 6.92 Å². The summed E-state index contributed by atoms with van der Waals surface area (Å²) in [6.45, 7) is 1.59. The molecular formula is C10H14N2O4S. The molecule has 7 heteroatoms. The second-order valence-corrected chi connectivity index (χ2v) is 4.95. The number of likely N-dealkylation sites (N-methyl/N-ethyl adjacent to an activating group) is 1. The van der Waals surface area contributed by atoms with Crippen LogP contribution in [0.2, 0.25) is 0 Å². The third-order valence-electron chi connectivity index (χ3n) is 2.08. The minimum atomic E-state index is -3.70. The third-order valence-corrected chi connectivity index (χ3v) is 3.01. The number of benzene rings is 1. The molecule has 0 fully saturated rings. The van der Waals surface area contributed by atoms with Crippen LogP contribution in [0.5, 0.6) is 5.75 Å². The normalized spacial score (nSPS) is 12.9. The Morgan fingerprint density at radius 2 is 1.88 bits per heavy atom. The molecule has 1 rings (SSSR count). The van der Waals surface area contributed by atoms with Gasteiger partial charge in [0.1, 0.15) is 5.75 Å². The standard InChI is InChI=1S/C10H14N2O4S/c1-7(10(13)12-2)16-8-3-5-9(6-4-8)17(11,14)15/h3-7H,1-2H3,(H,12,13)(H2,11,14,15)/t7-/m0/s1. The molecule has 0 heterocycles. The van der Waals surface area contributed by atoms with Crippen molar-refractivity contribution in [2.75, 3.05) is 7.05 Å². The molecule has 17 heavy (non-hydrogen) atoms. The smallest absolute Gasteiger partial charge is 0.260 e. The highest BCUT2D eigenvalue weighted by atomic mass is 32.2. The highest BCUT2D eigenvalue weighted by molar-refractivity contribution is 7.89. The van der Waals surface area contributed by atoms with E-state index in [2.05, 4.69) is 5.32 Å². The summed E-state index contributed by atoms with van der Waals surface area (Å²) >= 11 is 0. The first kappa shape index (κ1) is 13.5. The lowest BCUT2D eigenvalue weighted by molar-refractivity contribution is -0.126. The van der Waals surface area contributed by atoms with E-state index in [1.165, 1.54) is 31.3 Å². The van der Waals surface area contributed by atoms with E-state index in [1.807, 2.05) is 0 Å². The lowest BCUT2D eigenvalue weighted by atomic mass is 10.3. The number of carbonyl (C=O) groups excluding carboxylic acids is 1. The summed E-state index contributed by atoms with van der Waals surface area (Å²) < 4.78 is 27.3. The largest absolute Gasteiger partial charge is 0.481 e. The van der Waals surface area contributed by atoms with Gasteiger partial charge >= 0.3 is 0 Å². The van der Waals surface area contributed by atoms with Crippen molar-refractivity contribution >= 4 is 15.9 Å². The van der Waals surface area contributed by atoms with Crippen molar-refractivity contribution in [3.05, 3.63) is 24.3 Å². The second-order valence-electron chi connectivity index (χ2n) is 3.39. The van der Waals surface area contributed by atoms with Crippen LogP contribution in [0.15, 0.2) is 29.2 Å². The van der Waals surface area contributed by atoms with Gasteiger partial charge in [-0.2, -0.15) is 0 Å². The maximum absolute atomic E-state index is 11.2. The van der Waals surface area contributed by atoms with Crippen molar-refractivity contribution in [1.82, 2.24) is 5.32 Å². The molecule has 0 aromatic heterocycles. The zero-order valence-electron chi connectivity index (χ0n) is 9.51. The molecule has 0 aliphatic heterocycles. The summed E-state index contributed by atoms with van der Waals surface area (Å²) in [5, 5.41) is 7.39. The SMILES string of the molecule is CNC(=O)[C@H](C)Oc1ccc(S(N)(=O)=O)cc1. The number of amides is 1. The predicted octanol–water partition coefficient (Wildman–Crippen LogP) is -0.153. The fourth-order valence-corrected chi connectivity index (χ4v) is 1.68. The van der Waals surface area contributed by atoms with E-state index in [-0.39, 0.29) is 10.8 Å². The fourth-order valence-electron chi connectivity index (χ4n) is 1.17. The number of sulfonamides is 1. The molecule has 3 N–H and O–H groups in total. The average molecular weight is 258 g/mol. The van der Waals surface area contributed by atoms with Crippen LogP contribution in [0.4, 0.5) is 0 Å². The maximum Gasteiger partial charge on any atom is 0.260 e. The van der Waals surface area contributed by atoms with Crippen molar-refractivity contribution in [1.29, 1.82) is 0 Å². The van der Waals surface area contributed by atoms with E-state index in [9.17, 15) is 13.2 Å². The van der Waals surface area contributed by atoms with Gasteiger partial charge in [0.05, 0.1) is 4.90 Å². The summed E-state index contributed by atoms with van der Waals surface area (Å²) in [4.78, 5) is 11.2. The molecule has 0 aliphatic carbocycles. The Morgan fingerprint density at radius 1 is 1.35 bits per heavy atom. The Kier molecular flexibility index (Phi) is 4.08. The van der Waals surface area contributed by atoms with Crippen LogP contribution in [-0.4, -0.2) is 27.5 Å².